The van der Waals surface area contributed by atoms with Crippen LogP contribution < -0.4 is 5.32 Å². The van der Waals surface area contributed by atoms with Gasteiger partial charge in [-0.2, -0.15) is 0 Å². The van der Waals surface area contributed by atoms with Gasteiger partial charge in [-0.3, -0.25) is 9.59 Å². The summed E-state index contributed by atoms with van der Waals surface area (Å²) in [5.41, 5.74) is -0.656. The van der Waals surface area contributed by atoms with Gasteiger partial charge in [0.15, 0.2) is 11.9 Å². The molecule has 5 aliphatic rings. The van der Waals surface area contributed by atoms with Crippen molar-refractivity contribution >= 4 is 17.8 Å². The third-order valence-corrected chi connectivity index (χ3v) is 8.23. The number of aliphatic carboxylic acids is 2. The predicted molar refractivity (Wildman–Crippen MR) is 112 cm³/mol. The minimum absolute atomic E-state index is 0.0761. The van der Waals surface area contributed by atoms with E-state index in [1.807, 2.05) is 6.92 Å². The maximum atomic E-state index is 12.5. The fourth-order valence-corrected chi connectivity index (χ4v) is 6.37. The molecular formula is C23H35NO9. The molecule has 1 spiro atoms. The first-order valence-electron chi connectivity index (χ1n) is 12.0. The molecule has 0 aromatic heterocycles. The first-order valence-corrected chi connectivity index (χ1v) is 12.0. The number of rotatable bonds is 8. The molecule has 1 amide bonds. The van der Waals surface area contributed by atoms with Gasteiger partial charge in [-0.1, -0.05) is 13.8 Å². The van der Waals surface area contributed by atoms with Gasteiger partial charge in [0.05, 0.1) is 6.10 Å². The minimum Gasteiger partial charge on any atom is -0.481 e. The lowest BCUT2D eigenvalue weighted by atomic mass is 9.57. The molecule has 4 aliphatic heterocycles. The molecule has 10 nitrogen and oxygen atoms in total. The van der Waals surface area contributed by atoms with Gasteiger partial charge >= 0.3 is 11.9 Å². The van der Waals surface area contributed by atoms with Gasteiger partial charge in [-0.05, 0) is 56.8 Å². The Morgan fingerprint density at radius 3 is 2.52 bits per heavy atom. The van der Waals surface area contributed by atoms with E-state index in [9.17, 15) is 19.5 Å². The molecule has 2 bridgehead atoms. The van der Waals surface area contributed by atoms with Crippen LogP contribution in [0.25, 0.3) is 0 Å². The molecular weight excluding hydrogens is 434 g/mol. The third kappa shape index (κ3) is 4.50. The summed E-state index contributed by atoms with van der Waals surface area (Å²) in [6, 6.07) is -1.23. The van der Waals surface area contributed by atoms with Crippen LogP contribution in [-0.2, 0) is 33.6 Å². The summed E-state index contributed by atoms with van der Waals surface area (Å²) in [5, 5.41) is 20.5. The number of carboxylic acids is 2. The van der Waals surface area contributed by atoms with Crippen LogP contribution in [0, 0.1) is 23.7 Å². The van der Waals surface area contributed by atoms with Crippen LogP contribution in [0.4, 0.5) is 0 Å². The third-order valence-electron chi connectivity index (χ3n) is 8.23. The molecule has 4 heterocycles. The Balaban J connectivity index is 1.43. The van der Waals surface area contributed by atoms with Gasteiger partial charge in [0.2, 0.25) is 11.7 Å². The van der Waals surface area contributed by atoms with E-state index in [2.05, 4.69) is 19.2 Å². The van der Waals surface area contributed by atoms with Crippen LogP contribution >= 0.6 is 0 Å². The highest BCUT2D eigenvalue weighted by Crippen LogP contribution is 2.60. The fraction of sp³-hybridized carbons (Fsp3) is 0.870. The smallest absolute Gasteiger partial charge is 0.326 e. The van der Waals surface area contributed by atoms with Gasteiger partial charge < -0.3 is 25.0 Å². The van der Waals surface area contributed by atoms with E-state index < -0.39 is 41.6 Å². The number of ether oxygens (including phenoxy) is 2. The second-order valence-electron chi connectivity index (χ2n) is 10.4. The van der Waals surface area contributed by atoms with E-state index in [0.29, 0.717) is 12.3 Å². The van der Waals surface area contributed by atoms with E-state index in [0.717, 1.165) is 25.7 Å². The molecule has 0 aromatic carbocycles. The topological polar surface area (TPSA) is 141 Å². The Morgan fingerprint density at radius 1 is 1.06 bits per heavy atom. The highest BCUT2D eigenvalue weighted by Gasteiger charge is 2.69. The summed E-state index contributed by atoms with van der Waals surface area (Å²) in [6.45, 7) is 6.23. The number of nitrogens with one attached hydrogen (secondary N) is 1. The average molecular weight is 470 g/mol. The molecule has 4 saturated heterocycles. The number of carbonyl (C=O) groups excluding carboxylic acids is 1. The van der Waals surface area contributed by atoms with Crippen molar-refractivity contribution in [2.24, 2.45) is 23.7 Å². The lowest BCUT2D eigenvalue weighted by molar-refractivity contribution is -0.571. The van der Waals surface area contributed by atoms with Crippen molar-refractivity contribution in [2.45, 2.75) is 102 Å². The summed E-state index contributed by atoms with van der Waals surface area (Å²) in [6.07, 6.45) is 2.88. The van der Waals surface area contributed by atoms with Crippen molar-refractivity contribution in [1.82, 2.24) is 5.32 Å². The number of amides is 1. The zero-order valence-corrected chi connectivity index (χ0v) is 19.5. The number of fused-ring (bicyclic) bond motifs is 2. The maximum absolute atomic E-state index is 12.5. The first-order chi connectivity index (χ1) is 15.6. The molecule has 0 unspecified atom stereocenters. The van der Waals surface area contributed by atoms with Crippen LogP contribution in [0.3, 0.4) is 0 Å². The van der Waals surface area contributed by atoms with Gasteiger partial charge in [0.1, 0.15) is 6.04 Å². The van der Waals surface area contributed by atoms with Crippen LogP contribution in [0.15, 0.2) is 0 Å². The molecule has 0 radical (unpaired) electrons. The summed E-state index contributed by atoms with van der Waals surface area (Å²) in [7, 11) is 0. The SMILES string of the molecule is C[C@H]1[C@@H](CCC(=O)N[C@@H](CCC(=O)O)C(=O)O)O[C@@H]2O[C@]3(C)CC[C@H]4[C@H](C)CC[C@@H]1[C@]24OO3. The largest absolute Gasteiger partial charge is 0.481 e. The quantitative estimate of drug-likeness (QED) is 0.457. The monoisotopic (exact) mass is 469 g/mol. The fourth-order valence-electron chi connectivity index (χ4n) is 6.37. The molecule has 33 heavy (non-hydrogen) atoms. The van der Waals surface area contributed by atoms with Crippen molar-refractivity contribution in [3.05, 3.63) is 0 Å². The molecule has 0 aromatic rings. The molecule has 5 fully saturated rings. The Bertz CT molecular complexity index is 790. The van der Waals surface area contributed by atoms with Gasteiger partial charge in [0, 0.05) is 25.2 Å². The Hall–Kier alpha value is -1.75. The summed E-state index contributed by atoms with van der Waals surface area (Å²) in [5.74, 6) is -2.66. The van der Waals surface area contributed by atoms with E-state index in [1.54, 1.807) is 0 Å². The Morgan fingerprint density at radius 2 is 1.82 bits per heavy atom. The molecule has 10 heteroatoms. The Kier molecular flexibility index (Phi) is 6.74. The standard InChI is InChI=1S/C23H35NO9/c1-12-4-5-15-13(2)17(7-8-18(25)24-16(20(28)29)6-9-19(26)27)30-21-23(15)14(12)10-11-22(3,31-21)32-33-23/h12-17,21H,4-11H2,1-3H3,(H,24,25)(H,26,27)(H,28,29)/t12-,13-,14+,15+,16+,17-,21-,22+,23+/m1/s1. The highest BCUT2D eigenvalue weighted by atomic mass is 17.3. The predicted octanol–water partition coefficient (Wildman–Crippen LogP) is 2.45. The number of carboxylic acid groups (broad SMARTS) is 2. The molecule has 1 saturated carbocycles. The van der Waals surface area contributed by atoms with Gasteiger partial charge in [-0.25, -0.2) is 14.6 Å². The normalized spacial score (nSPS) is 42.6. The lowest BCUT2D eigenvalue weighted by Gasteiger charge is -2.60. The second-order valence-corrected chi connectivity index (χ2v) is 10.4. The van der Waals surface area contributed by atoms with Crippen molar-refractivity contribution in [2.75, 3.05) is 0 Å². The Labute approximate surface area is 193 Å². The second kappa shape index (κ2) is 9.13. The van der Waals surface area contributed by atoms with Gasteiger partial charge in [0.25, 0.3) is 0 Å². The maximum Gasteiger partial charge on any atom is 0.326 e. The van der Waals surface area contributed by atoms with Crippen LogP contribution in [0.1, 0.15) is 72.1 Å². The number of carbonyl (C=O) groups is 3. The summed E-state index contributed by atoms with van der Waals surface area (Å²) >= 11 is 0. The lowest BCUT2D eigenvalue weighted by Crippen LogP contribution is -2.70. The van der Waals surface area contributed by atoms with Crippen molar-refractivity contribution in [1.29, 1.82) is 0 Å². The number of hydrogen-bond acceptors (Lipinski definition) is 7. The summed E-state index contributed by atoms with van der Waals surface area (Å²) in [4.78, 5) is 46.5. The molecule has 5 rings (SSSR count). The first kappa shape index (κ1) is 24.4. The van der Waals surface area contributed by atoms with Crippen molar-refractivity contribution in [3.63, 3.8) is 0 Å². The zero-order chi connectivity index (χ0) is 24.0. The molecule has 9 atom stereocenters. The van der Waals surface area contributed by atoms with E-state index >= 15 is 0 Å². The summed E-state index contributed by atoms with van der Waals surface area (Å²) < 4.78 is 12.7. The van der Waals surface area contributed by atoms with Gasteiger partial charge in [-0.15, -0.1) is 0 Å². The molecule has 1 aliphatic carbocycles. The highest BCUT2D eigenvalue weighted by molar-refractivity contribution is 5.83. The zero-order valence-electron chi connectivity index (χ0n) is 19.5. The average Bonchev–Trinajstić information content (AvgIpc) is 2.98. The van der Waals surface area contributed by atoms with Crippen molar-refractivity contribution < 1.29 is 43.8 Å². The number of hydrogen-bond donors (Lipinski definition) is 3. The van der Waals surface area contributed by atoms with Crippen LogP contribution in [-0.4, -0.2) is 57.9 Å². The minimum atomic E-state index is -1.25. The van der Waals surface area contributed by atoms with Crippen molar-refractivity contribution in [3.8, 4) is 0 Å². The van der Waals surface area contributed by atoms with Crippen LogP contribution in [0.5, 0.6) is 0 Å². The van der Waals surface area contributed by atoms with Crippen LogP contribution in [0.2, 0.25) is 0 Å². The molecule has 3 N–H and O–H groups in total. The molecule has 186 valence electrons. The van der Waals surface area contributed by atoms with E-state index in [4.69, 9.17) is 24.4 Å². The van der Waals surface area contributed by atoms with E-state index in [1.165, 1.54) is 0 Å². The van der Waals surface area contributed by atoms with E-state index in [-0.39, 0.29) is 43.1 Å².